The monoisotopic (exact) mass is 494 g/mol. The predicted molar refractivity (Wildman–Crippen MR) is 57.8 cm³/mol. The Kier molecular flexibility index (Phi) is 6.64. The summed E-state index contributed by atoms with van der Waals surface area (Å²) in [5, 5.41) is 0. The molecule has 0 saturated carbocycles. The molecule has 0 aromatic carbocycles. The number of hydrogen-bond donors (Lipinski definition) is 1. The van der Waals surface area contributed by atoms with Gasteiger partial charge >= 0.3 is 52.1 Å². The van der Waals surface area contributed by atoms with Crippen molar-refractivity contribution in [2.75, 3.05) is 0 Å². The molecule has 0 aliphatic carbocycles. The molecular formula is C9H5F15O4S. The minimum atomic E-state index is -8.50. The lowest BCUT2D eigenvalue weighted by Gasteiger charge is -2.42. The van der Waals surface area contributed by atoms with Gasteiger partial charge in [-0.3, -0.25) is 4.55 Å². The van der Waals surface area contributed by atoms with Crippen LogP contribution in [0.25, 0.3) is 0 Å². The normalized spacial score (nSPS) is 17.4. The molecule has 0 bridgehead atoms. The van der Waals surface area contributed by atoms with E-state index in [-0.39, 0.29) is 0 Å². The van der Waals surface area contributed by atoms with Crippen LogP contribution in [0.1, 0.15) is 6.92 Å². The second-order valence-electron chi connectivity index (χ2n) is 5.16. The summed E-state index contributed by atoms with van der Waals surface area (Å²) in [5.41, 5.74) is 0. The maximum Gasteiger partial charge on any atom is 0.460 e. The number of halogens is 15. The average Bonchev–Trinajstić information content (AvgIpc) is 2.42. The van der Waals surface area contributed by atoms with E-state index in [0.717, 1.165) is 0 Å². The van der Waals surface area contributed by atoms with Crippen LogP contribution in [-0.4, -0.2) is 60.8 Å². The summed E-state index contributed by atoms with van der Waals surface area (Å²) in [6, 6.07) is 0. The van der Waals surface area contributed by atoms with Gasteiger partial charge in [0, 0.05) is 0 Å². The highest BCUT2D eigenvalue weighted by molar-refractivity contribution is 7.80. The molecule has 20 heteroatoms. The molecule has 1 atom stereocenters. The van der Waals surface area contributed by atoms with E-state index >= 15 is 0 Å². The van der Waals surface area contributed by atoms with Crippen LogP contribution in [0.4, 0.5) is 65.9 Å². The summed E-state index contributed by atoms with van der Waals surface area (Å²) in [6.07, 6.45) is -12.0. The Bertz CT molecular complexity index is 710. The van der Waals surface area contributed by atoms with Crippen LogP contribution in [0.2, 0.25) is 0 Å². The van der Waals surface area contributed by atoms with Crippen LogP contribution in [-0.2, 0) is 14.6 Å². The first-order valence-corrected chi connectivity index (χ1v) is 7.48. The van der Waals surface area contributed by atoms with Crippen molar-refractivity contribution in [2.45, 2.75) is 54.7 Å². The van der Waals surface area contributed by atoms with E-state index in [1.165, 1.54) is 0 Å². The molecule has 29 heavy (non-hydrogen) atoms. The highest BCUT2D eigenvalue weighted by Crippen LogP contribution is 2.62. The standard InChI is InChI=1S/C9H5F15O4S/c1-2(28-29(25,26)27)3(10,11)4(12,13)5(14,15)6(16,17)7(18,19)8(20,21)9(22,23)24/h2H,1H3,(H,25,26,27). The summed E-state index contributed by atoms with van der Waals surface area (Å²) in [6.45, 7) is -0.599. The average molecular weight is 494 g/mol. The van der Waals surface area contributed by atoms with Gasteiger partial charge in [0.2, 0.25) is 0 Å². The second-order valence-corrected chi connectivity index (χ2v) is 6.21. The van der Waals surface area contributed by atoms with Crippen LogP contribution in [0.3, 0.4) is 0 Å². The fourth-order valence-corrected chi connectivity index (χ4v) is 1.96. The fourth-order valence-electron chi connectivity index (χ4n) is 1.48. The van der Waals surface area contributed by atoms with E-state index in [4.69, 9.17) is 4.55 Å². The topological polar surface area (TPSA) is 63.6 Å². The minimum absolute atomic E-state index is 0.599. The fraction of sp³-hybridized carbons (Fsp3) is 1.00. The van der Waals surface area contributed by atoms with Crippen molar-refractivity contribution < 1.29 is 83.0 Å². The van der Waals surface area contributed by atoms with Crippen LogP contribution in [0, 0.1) is 0 Å². The summed E-state index contributed by atoms with van der Waals surface area (Å²) in [7, 11) is -6.18. The van der Waals surface area contributed by atoms with E-state index in [1.54, 1.807) is 0 Å². The Morgan fingerprint density at radius 3 is 1.17 bits per heavy atom. The third-order valence-electron chi connectivity index (χ3n) is 3.13. The van der Waals surface area contributed by atoms with Gasteiger partial charge in [0.05, 0.1) is 0 Å². The molecule has 0 spiro atoms. The van der Waals surface area contributed by atoms with Gasteiger partial charge in [-0.25, -0.2) is 4.18 Å². The molecule has 0 rings (SSSR count). The molecule has 0 amide bonds. The van der Waals surface area contributed by atoms with Crippen molar-refractivity contribution in [1.29, 1.82) is 0 Å². The van der Waals surface area contributed by atoms with Gasteiger partial charge < -0.3 is 0 Å². The molecule has 176 valence electrons. The summed E-state index contributed by atoms with van der Waals surface area (Å²) in [4.78, 5) is 0. The molecule has 0 heterocycles. The maximum atomic E-state index is 13.4. The van der Waals surface area contributed by atoms with E-state index < -0.39 is 65.1 Å². The van der Waals surface area contributed by atoms with Crippen LogP contribution >= 0.6 is 0 Å². The smallest absolute Gasteiger partial charge is 0.264 e. The predicted octanol–water partition coefficient (Wildman–Crippen LogP) is 4.57. The molecule has 0 aliphatic rings. The first-order valence-electron chi connectivity index (χ1n) is 6.12. The highest BCUT2D eigenvalue weighted by Gasteiger charge is 2.93. The van der Waals surface area contributed by atoms with Crippen LogP contribution in [0.5, 0.6) is 0 Å². The molecule has 0 radical (unpaired) electrons. The van der Waals surface area contributed by atoms with Gasteiger partial charge in [-0.15, -0.1) is 0 Å². The van der Waals surface area contributed by atoms with Gasteiger partial charge in [-0.05, 0) is 6.92 Å². The molecular weight excluding hydrogens is 489 g/mol. The maximum absolute atomic E-state index is 13.4. The Morgan fingerprint density at radius 1 is 0.621 bits per heavy atom. The molecule has 1 unspecified atom stereocenters. The lowest BCUT2D eigenvalue weighted by Crippen LogP contribution is -2.73. The third kappa shape index (κ3) is 4.06. The Balaban J connectivity index is 6.57. The first kappa shape index (κ1) is 27.8. The Labute approximate surface area is 149 Å². The van der Waals surface area contributed by atoms with Crippen LogP contribution in [0.15, 0.2) is 0 Å². The zero-order chi connectivity index (χ0) is 24.3. The van der Waals surface area contributed by atoms with Gasteiger partial charge in [0.1, 0.15) is 6.10 Å². The van der Waals surface area contributed by atoms with Gasteiger partial charge in [0.15, 0.2) is 0 Å². The zero-order valence-electron chi connectivity index (χ0n) is 12.8. The van der Waals surface area contributed by atoms with E-state index in [0.29, 0.717) is 0 Å². The molecule has 0 aliphatic heterocycles. The van der Waals surface area contributed by atoms with Crippen molar-refractivity contribution in [3.63, 3.8) is 0 Å². The summed E-state index contributed by atoms with van der Waals surface area (Å²) in [5.74, 6) is -48.3. The molecule has 0 fully saturated rings. The van der Waals surface area contributed by atoms with Crippen LogP contribution < -0.4 is 0 Å². The van der Waals surface area contributed by atoms with Crippen molar-refractivity contribution in [1.82, 2.24) is 0 Å². The molecule has 4 nitrogen and oxygen atoms in total. The summed E-state index contributed by atoms with van der Waals surface area (Å²) >= 11 is 0. The lowest BCUT2D eigenvalue weighted by atomic mass is 9.89. The van der Waals surface area contributed by atoms with Crippen molar-refractivity contribution in [2.24, 2.45) is 0 Å². The quantitative estimate of drug-likeness (QED) is 0.397. The largest absolute Gasteiger partial charge is 0.460 e. The second kappa shape index (κ2) is 6.92. The van der Waals surface area contributed by atoms with Crippen molar-refractivity contribution in [3.05, 3.63) is 0 Å². The van der Waals surface area contributed by atoms with Crippen molar-refractivity contribution >= 4 is 10.4 Å². The SMILES string of the molecule is CC(OS(=O)(=O)O)C(F)(F)C(F)(F)C(F)(F)C(F)(F)C(F)(F)C(F)(F)C(F)(F)F. The minimum Gasteiger partial charge on any atom is -0.264 e. The van der Waals surface area contributed by atoms with Gasteiger partial charge in [0.25, 0.3) is 0 Å². The molecule has 0 saturated heterocycles. The van der Waals surface area contributed by atoms with Crippen molar-refractivity contribution in [3.8, 4) is 0 Å². The first-order chi connectivity index (χ1) is 12.1. The van der Waals surface area contributed by atoms with E-state index in [9.17, 15) is 74.3 Å². The van der Waals surface area contributed by atoms with Gasteiger partial charge in [-0.1, -0.05) is 0 Å². The summed E-state index contributed by atoms with van der Waals surface area (Å²) < 4.78 is 224. The number of rotatable bonds is 8. The highest BCUT2D eigenvalue weighted by atomic mass is 32.3. The number of hydrogen-bond acceptors (Lipinski definition) is 3. The Morgan fingerprint density at radius 2 is 0.897 bits per heavy atom. The lowest BCUT2D eigenvalue weighted by molar-refractivity contribution is -0.454. The van der Waals surface area contributed by atoms with E-state index in [1.807, 2.05) is 0 Å². The Hall–Kier alpha value is -1.18. The zero-order valence-corrected chi connectivity index (χ0v) is 13.6. The third-order valence-corrected chi connectivity index (χ3v) is 3.66. The molecule has 0 aromatic heterocycles. The number of alkyl halides is 15. The molecule has 1 N–H and O–H groups in total. The van der Waals surface area contributed by atoms with Gasteiger partial charge in [-0.2, -0.15) is 74.3 Å². The molecule has 0 aromatic rings. The van der Waals surface area contributed by atoms with E-state index in [2.05, 4.69) is 4.18 Å².